The lowest BCUT2D eigenvalue weighted by Gasteiger charge is -2.59. The molecule has 2 aromatic rings. The molecule has 0 bridgehead atoms. The number of amides is 1. The topological polar surface area (TPSA) is 214 Å². The number of carbonyl (C=O) groups excluding carboxylic acids is 3. The summed E-state index contributed by atoms with van der Waals surface area (Å²) in [5.74, 6) is -0.830. The molecule has 350 valence electrons. The summed E-state index contributed by atoms with van der Waals surface area (Å²) in [5, 5.41) is 38.9. The van der Waals surface area contributed by atoms with E-state index in [4.69, 9.17) is 19.6 Å². The van der Waals surface area contributed by atoms with Gasteiger partial charge in [-0.15, -0.1) is 0 Å². The van der Waals surface area contributed by atoms with Gasteiger partial charge in [0.25, 0.3) is 0 Å². The number of hydrogen-bond acceptors (Lipinski definition) is 15. The molecule has 3 aliphatic carbocycles. The van der Waals surface area contributed by atoms with E-state index >= 15 is 0 Å². The predicted octanol–water partition coefficient (Wildman–Crippen LogP) is 4.33. The first-order valence-electron chi connectivity index (χ1n) is 23.2. The van der Waals surface area contributed by atoms with Crippen molar-refractivity contribution < 1.29 is 43.6 Å². The smallest absolute Gasteiger partial charge is 0.340 e. The zero-order valence-electron chi connectivity index (χ0n) is 37.4. The van der Waals surface area contributed by atoms with Gasteiger partial charge in [-0.1, -0.05) is 58.6 Å². The van der Waals surface area contributed by atoms with Crippen LogP contribution in [0.5, 0.6) is 5.75 Å². The third kappa shape index (κ3) is 7.67. The van der Waals surface area contributed by atoms with Gasteiger partial charge >= 0.3 is 11.6 Å². The molecule has 16 heteroatoms. The van der Waals surface area contributed by atoms with Crippen LogP contribution in [0.3, 0.4) is 0 Å². The number of aliphatic hydroxyl groups excluding tert-OH is 3. The lowest BCUT2D eigenvalue weighted by molar-refractivity contribution is -0.202. The van der Waals surface area contributed by atoms with Gasteiger partial charge in [0.1, 0.15) is 17.6 Å². The number of benzene rings is 1. The van der Waals surface area contributed by atoms with E-state index in [0.29, 0.717) is 59.8 Å². The molecule has 7 N–H and O–H groups in total. The third-order valence-electron chi connectivity index (χ3n) is 16.1. The van der Waals surface area contributed by atoms with E-state index in [2.05, 4.69) is 10.6 Å². The Morgan fingerprint density at radius 1 is 1.14 bits per heavy atom. The highest BCUT2D eigenvalue weighted by atomic mass is 33.1. The van der Waals surface area contributed by atoms with Crippen molar-refractivity contribution in [3.05, 3.63) is 86.1 Å². The number of ether oxygens (including phenoxy) is 2. The maximum Gasteiger partial charge on any atom is 0.340 e. The number of nitrogens with two attached hydrogens (primary N) is 1. The van der Waals surface area contributed by atoms with Crippen LogP contribution in [-0.2, 0) is 31.0 Å². The average molecular weight is 931 g/mol. The second kappa shape index (κ2) is 18.2. The SMILES string of the molecule is C/C=C(\CCO)C(=O)O[C@]1(C)[C@@H](CO)C=C2CSS[C@@H]3C[C@H](C=O)[C@H](NC)[C@H]4CN(C(=O)CC5=C(C=C(N)NC5)[C@H]2[C@]12Cc1cc5cc(C6(CCO)CCCCC6)c(=O)oc5cc1O2)[C@H]43. The zero-order chi connectivity index (χ0) is 45.8. The Balaban J connectivity index is 1.22. The molecule has 5 heterocycles. The molecule has 1 aromatic heterocycles. The summed E-state index contributed by atoms with van der Waals surface area (Å²) in [7, 11) is 5.23. The summed E-state index contributed by atoms with van der Waals surface area (Å²) in [6.45, 7) is 3.65. The minimum Gasteiger partial charge on any atom is -0.481 e. The fourth-order valence-corrected chi connectivity index (χ4v) is 15.8. The number of hydrogen-bond donors (Lipinski definition) is 6. The van der Waals surface area contributed by atoms with Crippen molar-refractivity contribution in [2.75, 3.05) is 45.7 Å². The first-order valence-corrected chi connectivity index (χ1v) is 25.6. The number of rotatable bonds is 10. The molecule has 1 saturated heterocycles. The highest BCUT2D eigenvalue weighted by Gasteiger charge is 2.67. The van der Waals surface area contributed by atoms with Gasteiger partial charge < -0.3 is 55.3 Å². The molecule has 4 aliphatic heterocycles. The van der Waals surface area contributed by atoms with Crippen LogP contribution < -0.4 is 26.7 Å². The van der Waals surface area contributed by atoms with Crippen molar-refractivity contribution in [2.45, 2.75) is 112 Å². The van der Waals surface area contributed by atoms with Gasteiger partial charge in [0.15, 0.2) is 11.2 Å². The first kappa shape index (κ1) is 46.1. The summed E-state index contributed by atoms with van der Waals surface area (Å²) in [6.07, 6.45) is 12.5. The second-order valence-corrected chi connectivity index (χ2v) is 21.9. The maximum atomic E-state index is 14.6. The van der Waals surface area contributed by atoms with Gasteiger partial charge in [0.2, 0.25) is 5.91 Å². The zero-order valence-corrected chi connectivity index (χ0v) is 39.1. The number of dihydropyridines is 1. The minimum absolute atomic E-state index is 0.00160. The second-order valence-electron chi connectivity index (χ2n) is 19.3. The maximum absolute atomic E-state index is 14.6. The van der Waals surface area contributed by atoms with E-state index in [9.17, 15) is 34.5 Å². The van der Waals surface area contributed by atoms with Crippen LogP contribution >= 0.6 is 21.6 Å². The predicted molar refractivity (Wildman–Crippen MR) is 250 cm³/mol. The number of nitrogens with one attached hydrogen (secondary N) is 2. The van der Waals surface area contributed by atoms with Crippen molar-refractivity contribution in [3.8, 4) is 5.75 Å². The van der Waals surface area contributed by atoms with Crippen LogP contribution in [0.15, 0.2) is 73.8 Å². The summed E-state index contributed by atoms with van der Waals surface area (Å²) >= 11 is 0. The molecule has 9 rings (SSSR count). The molecule has 0 radical (unpaired) electrons. The normalized spacial score (nSPS) is 33.1. The van der Waals surface area contributed by atoms with E-state index in [0.717, 1.165) is 60.7 Å². The molecule has 14 nitrogen and oxygen atoms in total. The van der Waals surface area contributed by atoms with Crippen LogP contribution in [0, 0.1) is 23.7 Å². The quantitative estimate of drug-likeness (QED) is 0.0489. The molecule has 1 aromatic carbocycles. The van der Waals surface area contributed by atoms with E-state index < -0.39 is 46.7 Å². The number of esters is 1. The number of aldehydes is 1. The van der Waals surface area contributed by atoms with Crippen molar-refractivity contribution in [1.82, 2.24) is 15.5 Å². The van der Waals surface area contributed by atoms with Crippen molar-refractivity contribution >= 4 is 50.7 Å². The van der Waals surface area contributed by atoms with Gasteiger partial charge in [0.05, 0.1) is 30.8 Å². The number of aliphatic hydroxyl groups is 3. The van der Waals surface area contributed by atoms with Crippen molar-refractivity contribution in [1.29, 1.82) is 0 Å². The van der Waals surface area contributed by atoms with E-state index in [1.807, 2.05) is 36.2 Å². The number of nitrogens with zero attached hydrogens (tertiary/aromatic N) is 1. The molecule has 9 atom stereocenters. The Morgan fingerprint density at radius 2 is 1.94 bits per heavy atom. The van der Waals surface area contributed by atoms with Crippen molar-refractivity contribution in [2.24, 2.45) is 29.4 Å². The van der Waals surface area contributed by atoms with Crippen LogP contribution in [0.25, 0.3) is 11.0 Å². The lowest BCUT2D eigenvalue weighted by Crippen LogP contribution is -2.71. The molecule has 1 spiro atoms. The highest BCUT2D eigenvalue weighted by Crippen LogP contribution is 2.60. The Hall–Kier alpha value is -4.06. The van der Waals surface area contributed by atoms with Gasteiger partial charge in [-0.05, 0) is 81.5 Å². The van der Waals surface area contributed by atoms with Gasteiger partial charge in [-0.25, -0.2) is 9.59 Å². The Bertz CT molecular complexity index is 2420. The first-order chi connectivity index (χ1) is 31.4. The molecule has 3 fully saturated rings. The molecule has 2 saturated carbocycles. The number of allylic oxidation sites excluding steroid dienone is 2. The van der Waals surface area contributed by atoms with Crippen LogP contribution in [0.2, 0.25) is 0 Å². The summed E-state index contributed by atoms with van der Waals surface area (Å²) < 4.78 is 20.3. The lowest BCUT2D eigenvalue weighted by atomic mass is 9.57. The summed E-state index contributed by atoms with van der Waals surface area (Å²) in [5.41, 5.74) is 7.15. The molecular formula is C49H62N4O10S2. The van der Waals surface area contributed by atoms with Gasteiger partial charge in [0, 0.05) is 102 Å². The minimum atomic E-state index is -1.57. The standard InChI is InChI=1S/C49H62N4O10S2/c1-4-27(8-12-54)45(59)63-47(2)33(25-57)15-32-26-64-65-39-17-31(24-56)43(51-3)35-23-53(44(35)39)41(58)18-30-22-52-40(50)19-34(30)42(32)49(47)21-29-14-28-16-36(46(60)61-37(28)20-38(29)62-49)48(11-13-55)9-6-5-7-10-48/h4,14-16,19-20,24,31,33,35,39,42-44,51-52,54-55,57H,5-13,17-18,21-23,25-26,50H2,1-3H3/b27-4+/t31-,33-,35-,39-,42+,43+,44-,47-,49-/m1/s1. The molecular weight excluding hydrogens is 869 g/mol. The largest absolute Gasteiger partial charge is 0.481 e. The summed E-state index contributed by atoms with van der Waals surface area (Å²) in [6, 6.07) is 5.58. The number of fused-ring (bicyclic) bond motifs is 5. The monoisotopic (exact) mass is 930 g/mol. The van der Waals surface area contributed by atoms with Gasteiger partial charge in [-0.2, -0.15) is 0 Å². The Kier molecular flexibility index (Phi) is 12.9. The molecule has 7 aliphatic rings. The van der Waals surface area contributed by atoms with Crippen LogP contribution in [0.4, 0.5) is 0 Å². The molecule has 1 amide bonds. The Morgan fingerprint density at radius 3 is 2.65 bits per heavy atom. The number of carbonyl (C=O) groups is 3. The Labute approximate surface area is 387 Å². The highest BCUT2D eigenvalue weighted by molar-refractivity contribution is 8.77. The van der Waals surface area contributed by atoms with Crippen LogP contribution in [-0.4, -0.2) is 113 Å². The van der Waals surface area contributed by atoms with E-state index in [-0.39, 0.29) is 73.1 Å². The van der Waals surface area contributed by atoms with Crippen molar-refractivity contribution in [3.63, 3.8) is 0 Å². The van der Waals surface area contributed by atoms with E-state index in [1.54, 1.807) is 47.6 Å². The fourth-order valence-electron chi connectivity index (χ4n) is 12.7. The van der Waals surface area contributed by atoms with Gasteiger partial charge in [-0.3, -0.25) is 4.79 Å². The molecule has 65 heavy (non-hydrogen) atoms. The third-order valence-corrected chi connectivity index (χ3v) is 18.9. The fraction of sp³-hybridized carbons (Fsp3) is 0.592. The van der Waals surface area contributed by atoms with Crippen LogP contribution in [0.1, 0.15) is 82.8 Å². The average Bonchev–Trinajstić information content (AvgIpc) is 3.65. The van der Waals surface area contributed by atoms with E-state index in [1.165, 1.54) is 0 Å². The summed E-state index contributed by atoms with van der Waals surface area (Å²) in [4.78, 5) is 57.4. The molecule has 0 unspecified atom stereocenters.